The van der Waals surface area contributed by atoms with Crippen LogP contribution in [0.3, 0.4) is 0 Å². The minimum Gasteiger partial charge on any atom is -0.438 e. The summed E-state index contributed by atoms with van der Waals surface area (Å²) in [6.45, 7) is 4.41. The Labute approximate surface area is 161 Å². The molecule has 0 aliphatic heterocycles. The molecule has 0 aliphatic rings. The van der Waals surface area contributed by atoms with Crippen LogP contribution in [0.4, 0.5) is 24.8 Å². The van der Waals surface area contributed by atoms with Gasteiger partial charge in [-0.2, -0.15) is 18.2 Å². The smallest absolute Gasteiger partial charge is 0.423 e. The molecule has 146 valence electrons. The van der Waals surface area contributed by atoms with E-state index in [1.807, 2.05) is 38.1 Å². The second-order valence-electron chi connectivity index (χ2n) is 6.07. The van der Waals surface area contributed by atoms with Crippen LogP contribution in [0.25, 0.3) is 0 Å². The van der Waals surface area contributed by atoms with Crippen LogP contribution in [-0.4, -0.2) is 16.5 Å². The van der Waals surface area contributed by atoms with Crippen molar-refractivity contribution in [1.82, 2.24) is 9.97 Å². The van der Waals surface area contributed by atoms with Crippen LogP contribution in [0.5, 0.6) is 11.6 Å². The molecule has 0 aliphatic carbocycles. The molecule has 0 atom stereocenters. The predicted octanol–water partition coefficient (Wildman–Crippen LogP) is 6.01. The van der Waals surface area contributed by atoms with Crippen molar-refractivity contribution in [3.63, 3.8) is 0 Å². The molecule has 2 aromatic carbocycles. The molecule has 0 amide bonds. The summed E-state index contributed by atoms with van der Waals surface area (Å²) in [6, 6.07) is 16.0. The van der Waals surface area contributed by atoms with E-state index in [0.717, 1.165) is 23.9 Å². The second kappa shape index (κ2) is 8.29. The molecule has 7 heteroatoms. The maximum absolute atomic E-state index is 13.4. The minimum atomic E-state index is -4.62. The molecule has 0 unspecified atom stereocenters. The Morgan fingerprint density at radius 3 is 2.39 bits per heavy atom. The third-order valence-electron chi connectivity index (χ3n) is 4.19. The first kappa shape index (κ1) is 19.7. The highest BCUT2D eigenvalue weighted by atomic mass is 19.4. The number of nitrogens with zero attached hydrogens (tertiary/aromatic N) is 3. The molecule has 0 radical (unpaired) electrons. The van der Waals surface area contributed by atoms with E-state index in [4.69, 9.17) is 4.74 Å². The van der Waals surface area contributed by atoms with Crippen molar-refractivity contribution >= 4 is 11.6 Å². The number of hydrogen-bond acceptors (Lipinski definition) is 4. The number of alkyl halides is 3. The Balaban J connectivity index is 2.04. The molecule has 3 rings (SSSR count). The highest BCUT2D eigenvalue weighted by Gasteiger charge is 2.37. The zero-order valence-electron chi connectivity index (χ0n) is 15.6. The molecule has 3 aromatic rings. The number of anilines is 2. The van der Waals surface area contributed by atoms with E-state index in [2.05, 4.69) is 9.97 Å². The largest absolute Gasteiger partial charge is 0.438 e. The molecule has 0 fully saturated rings. The van der Waals surface area contributed by atoms with Crippen molar-refractivity contribution in [1.29, 1.82) is 0 Å². The number of aryl methyl sites for hydroxylation is 1. The van der Waals surface area contributed by atoms with Gasteiger partial charge >= 0.3 is 6.18 Å². The normalized spacial score (nSPS) is 11.3. The van der Waals surface area contributed by atoms with E-state index in [9.17, 15) is 13.2 Å². The number of benzene rings is 2. The van der Waals surface area contributed by atoms with E-state index in [1.165, 1.54) is 0 Å². The van der Waals surface area contributed by atoms with Gasteiger partial charge in [0.05, 0.1) is 0 Å². The zero-order chi connectivity index (χ0) is 20.1. The van der Waals surface area contributed by atoms with Gasteiger partial charge in [0.15, 0.2) is 0 Å². The molecule has 28 heavy (non-hydrogen) atoms. The van der Waals surface area contributed by atoms with Gasteiger partial charge < -0.3 is 9.64 Å². The Morgan fingerprint density at radius 1 is 1.00 bits per heavy atom. The van der Waals surface area contributed by atoms with Crippen LogP contribution in [0, 0.1) is 0 Å². The van der Waals surface area contributed by atoms with Gasteiger partial charge in [-0.05, 0) is 43.2 Å². The maximum atomic E-state index is 13.4. The van der Waals surface area contributed by atoms with Crippen LogP contribution in [0.2, 0.25) is 0 Å². The third-order valence-corrected chi connectivity index (χ3v) is 4.19. The number of rotatable bonds is 6. The van der Waals surface area contributed by atoms with Crippen LogP contribution in [0.1, 0.15) is 25.0 Å². The van der Waals surface area contributed by atoms with Gasteiger partial charge in [-0.1, -0.05) is 37.3 Å². The Bertz CT molecular complexity index is 930. The van der Waals surface area contributed by atoms with Crippen molar-refractivity contribution in [2.45, 2.75) is 26.4 Å². The molecule has 0 saturated carbocycles. The summed E-state index contributed by atoms with van der Waals surface area (Å²) in [4.78, 5) is 9.82. The summed E-state index contributed by atoms with van der Waals surface area (Å²) < 4.78 is 45.7. The standard InChI is InChI=1S/C21H20F3N3O/c1-3-15-9-8-10-16(13-15)27(4-2)20-25-14-18(21(22,23)24)19(26-20)28-17-11-6-5-7-12-17/h5-14H,3-4H2,1-2H3. The summed E-state index contributed by atoms with van der Waals surface area (Å²) in [5, 5.41) is 0. The number of hydrogen-bond donors (Lipinski definition) is 0. The second-order valence-corrected chi connectivity index (χ2v) is 6.07. The quantitative estimate of drug-likeness (QED) is 0.519. The fourth-order valence-electron chi connectivity index (χ4n) is 2.74. The SMILES string of the molecule is CCc1cccc(N(CC)c2ncc(C(F)(F)F)c(Oc3ccccc3)n2)c1. The topological polar surface area (TPSA) is 38.2 Å². The van der Waals surface area contributed by atoms with Crippen LogP contribution >= 0.6 is 0 Å². The van der Waals surface area contributed by atoms with Gasteiger partial charge in [-0.3, -0.25) is 0 Å². The Morgan fingerprint density at radius 2 is 1.75 bits per heavy atom. The van der Waals surface area contributed by atoms with E-state index < -0.39 is 17.6 Å². The minimum absolute atomic E-state index is 0.148. The van der Waals surface area contributed by atoms with Crippen LogP contribution < -0.4 is 9.64 Å². The fourth-order valence-corrected chi connectivity index (χ4v) is 2.74. The molecule has 0 N–H and O–H groups in total. The van der Waals surface area contributed by atoms with Crippen molar-refractivity contribution < 1.29 is 17.9 Å². The molecular formula is C21H20F3N3O. The number of ether oxygens (including phenoxy) is 1. The monoisotopic (exact) mass is 387 g/mol. The van der Waals surface area contributed by atoms with E-state index >= 15 is 0 Å². The highest BCUT2D eigenvalue weighted by molar-refractivity contribution is 5.59. The summed E-state index contributed by atoms with van der Waals surface area (Å²) >= 11 is 0. The van der Waals surface area contributed by atoms with Gasteiger partial charge in [0.25, 0.3) is 0 Å². The molecule has 0 saturated heterocycles. The third kappa shape index (κ3) is 4.42. The molecule has 1 aromatic heterocycles. The van der Waals surface area contributed by atoms with Gasteiger partial charge in [0.1, 0.15) is 11.3 Å². The van der Waals surface area contributed by atoms with Crippen molar-refractivity contribution in [3.8, 4) is 11.6 Å². The van der Waals surface area contributed by atoms with Crippen molar-refractivity contribution in [3.05, 3.63) is 71.9 Å². The van der Waals surface area contributed by atoms with E-state index in [-0.39, 0.29) is 11.7 Å². The molecule has 0 spiro atoms. The Hall–Kier alpha value is -3.09. The first-order chi connectivity index (χ1) is 13.4. The molecule has 1 heterocycles. The fraction of sp³-hybridized carbons (Fsp3) is 0.238. The highest BCUT2D eigenvalue weighted by Crippen LogP contribution is 2.38. The lowest BCUT2D eigenvalue weighted by atomic mass is 10.1. The van der Waals surface area contributed by atoms with Gasteiger partial charge in [0, 0.05) is 18.4 Å². The van der Waals surface area contributed by atoms with Crippen LogP contribution in [-0.2, 0) is 12.6 Å². The lowest BCUT2D eigenvalue weighted by Crippen LogP contribution is -2.20. The number of para-hydroxylation sites is 1. The van der Waals surface area contributed by atoms with E-state index in [0.29, 0.717) is 6.54 Å². The average Bonchev–Trinajstić information content (AvgIpc) is 2.69. The average molecular weight is 387 g/mol. The van der Waals surface area contributed by atoms with E-state index in [1.54, 1.807) is 35.2 Å². The lowest BCUT2D eigenvalue weighted by Gasteiger charge is -2.23. The maximum Gasteiger partial charge on any atom is 0.423 e. The summed E-state index contributed by atoms with van der Waals surface area (Å²) in [5.41, 5.74) is 0.911. The Kier molecular flexibility index (Phi) is 5.82. The molecule has 0 bridgehead atoms. The summed E-state index contributed by atoms with van der Waals surface area (Å²) in [5.74, 6) is -0.0999. The van der Waals surface area contributed by atoms with Crippen molar-refractivity contribution in [2.24, 2.45) is 0 Å². The summed E-state index contributed by atoms with van der Waals surface area (Å²) in [6.07, 6.45) is -3.00. The van der Waals surface area contributed by atoms with Gasteiger partial charge in [-0.15, -0.1) is 0 Å². The first-order valence-electron chi connectivity index (χ1n) is 8.96. The van der Waals surface area contributed by atoms with Crippen LogP contribution in [0.15, 0.2) is 60.8 Å². The number of aromatic nitrogens is 2. The molecular weight excluding hydrogens is 367 g/mol. The van der Waals surface area contributed by atoms with Crippen molar-refractivity contribution in [2.75, 3.05) is 11.4 Å². The lowest BCUT2D eigenvalue weighted by molar-refractivity contribution is -0.139. The predicted molar refractivity (Wildman–Crippen MR) is 102 cm³/mol. The van der Waals surface area contributed by atoms with Gasteiger partial charge in [0.2, 0.25) is 11.8 Å². The molecule has 4 nitrogen and oxygen atoms in total. The number of halogens is 3. The van der Waals surface area contributed by atoms with Gasteiger partial charge in [-0.25, -0.2) is 4.98 Å². The zero-order valence-corrected chi connectivity index (χ0v) is 15.6. The first-order valence-corrected chi connectivity index (χ1v) is 8.96. The summed E-state index contributed by atoms with van der Waals surface area (Å²) in [7, 11) is 0.